The van der Waals surface area contributed by atoms with Crippen LogP contribution in [0.4, 0.5) is 4.39 Å². The molecule has 0 saturated heterocycles. The number of aliphatic imine (C=N–C) groups is 1. The van der Waals surface area contributed by atoms with Crippen molar-refractivity contribution in [1.29, 1.82) is 0 Å². The molecule has 0 saturated carbocycles. The Morgan fingerprint density at radius 1 is 1.06 bits per heavy atom. The molecule has 7 heteroatoms. The summed E-state index contributed by atoms with van der Waals surface area (Å²) in [7, 11) is 1.73. The minimum atomic E-state index is -0.231. The van der Waals surface area contributed by atoms with Gasteiger partial charge in [-0.15, -0.1) is 0 Å². The summed E-state index contributed by atoms with van der Waals surface area (Å²) in [6.45, 7) is 1.85. The number of H-pyrrole nitrogens is 1. The van der Waals surface area contributed by atoms with E-state index in [1.807, 2.05) is 36.5 Å². The molecule has 6 nitrogen and oxygen atoms in total. The number of fused-ring (bicyclic) bond motifs is 1. The van der Waals surface area contributed by atoms with Gasteiger partial charge in [-0.25, -0.2) is 4.39 Å². The Hall–Kier alpha value is -3.87. The molecule has 3 N–H and O–H groups in total. The number of benzene rings is 2. The molecule has 0 fully saturated rings. The number of rotatable bonds is 7. The number of hydrogen-bond donors (Lipinski definition) is 3. The van der Waals surface area contributed by atoms with E-state index in [0.717, 1.165) is 34.0 Å². The molecule has 4 aromatic rings. The summed E-state index contributed by atoms with van der Waals surface area (Å²) in [4.78, 5) is 19.3. The quantitative estimate of drug-likeness (QED) is 0.310. The molecule has 0 atom stereocenters. The van der Waals surface area contributed by atoms with Crippen LogP contribution in [-0.4, -0.2) is 29.1 Å². The van der Waals surface area contributed by atoms with Crippen molar-refractivity contribution >= 4 is 16.9 Å². The van der Waals surface area contributed by atoms with Crippen LogP contribution in [0.2, 0.25) is 0 Å². The van der Waals surface area contributed by atoms with Crippen LogP contribution >= 0.6 is 0 Å². The third-order valence-corrected chi connectivity index (χ3v) is 5.37. The highest BCUT2D eigenvalue weighted by atomic mass is 19.1. The standard InChI is InChI=1S/C25H26FN5O/c1-27-25(28-12-11-20-16-29-23-10-9-21(26)14-22(20)23)30-15-18-5-7-19(8-6-18)17-31-13-3-2-4-24(31)32/h2-10,13-14,16,29H,11-12,15,17H2,1H3,(H2,27,28,30). The number of pyridine rings is 1. The first-order valence-corrected chi connectivity index (χ1v) is 10.6. The van der Waals surface area contributed by atoms with Gasteiger partial charge in [-0.3, -0.25) is 9.79 Å². The number of nitrogens with zero attached hydrogens (tertiary/aromatic N) is 2. The van der Waals surface area contributed by atoms with E-state index < -0.39 is 0 Å². The van der Waals surface area contributed by atoms with Gasteiger partial charge in [-0.1, -0.05) is 30.3 Å². The maximum absolute atomic E-state index is 13.5. The second kappa shape index (κ2) is 9.96. The molecule has 2 aromatic carbocycles. The molecule has 0 amide bonds. The predicted octanol–water partition coefficient (Wildman–Crippen LogP) is 3.42. The predicted molar refractivity (Wildman–Crippen MR) is 126 cm³/mol. The maximum atomic E-state index is 13.5. The van der Waals surface area contributed by atoms with Crippen LogP contribution in [0.25, 0.3) is 10.9 Å². The van der Waals surface area contributed by atoms with Crippen LogP contribution in [0.3, 0.4) is 0 Å². The lowest BCUT2D eigenvalue weighted by Crippen LogP contribution is -2.37. The first-order valence-electron chi connectivity index (χ1n) is 10.6. The van der Waals surface area contributed by atoms with E-state index in [2.05, 4.69) is 20.6 Å². The second-order valence-electron chi connectivity index (χ2n) is 7.59. The van der Waals surface area contributed by atoms with Crippen LogP contribution in [0.5, 0.6) is 0 Å². The molecule has 164 valence electrons. The van der Waals surface area contributed by atoms with Gasteiger partial charge >= 0.3 is 0 Å². The average Bonchev–Trinajstić information content (AvgIpc) is 3.20. The molecule has 0 spiro atoms. The molecular weight excluding hydrogens is 405 g/mol. The van der Waals surface area contributed by atoms with Crippen LogP contribution in [0, 0.1) is 5.82 Å². The number of aromatic nitrogens is 2. The van der Waals surface area contributed by atoms with Crippen molar-refractivity contribution in [3.63, 3.8) is 0 Å². The summed E-state index contributed by atoms with van der Waals surface area (Å²) in [6, 6.07) is 18.1. The van der Waals surface area contributed by atoms with E-state index in [4.69, 9.17) is 0 Å². The van der Waals surface area contributed by atoms with Gasteiger partial charge in [0.2, 0.25) is 0 Å². The van der Waals surface area contributed by atoms with Gasteiger partial charge in [0.05, 0.1) is 6.54 Å². The van der Waals surface area contributed by atoms with Gasteiger partial charge in [0.15, 0.2) is 5.96 Å². The SMILES string of the molecule is CN=C(NCCc1c[nH]c2ccc(F)cc12)NCc1ccc(Cn2ccccc2=O)cc1. The lowest BCUT2D eigenvalue weighted by Gasteiger charge is -2.12. The Kier molecular flexibility index (Phi) is 6.65. The lowest BCUT2D eigenvalue weighted by molar-refractivity contribution is 0.629. The van der Waals surface area contributed by atoms with Crippen LogP contribution < -0.4 is 16.2 Å². The van der Waals surface area contributed by atoms with Gasteiger partial charge in [0, 0.05) is 49.5 Å². The van der Waals surface area contributed by atoms with E-state index in [9.17, 15) is 9.18 Å². The van der Waals surface area contributed by atoms with Crippen LogP contribution in [0.15, 0.2) is 82.8 Å². The van der Waals surface area contributed by atoms with Gasteiger partial charge in [0.1, 0.15) is 5.82 Å². The Morgan fingerprint density at radius 2 is 1.88 bits per heavy atom. The molecule has 0 unspecified atom stereocenters. The Balaban J connectivity index is 1.27. The maximum Gasteiger partial charge on any atom is 0.250 e. The number of halogens is 1. The summed E-state index contributed by atoms with van der Waals surface area (Å²) in [6.07, 6.45) is 4.46. The van der Waals surface area contributed by atoms with Crippen molar-refractivity contribution in [2.45, 2.75) is 19.5 Å². The fourth-order valence-electron chi connectivity index (χ4n) is 3.63. The summed E-state index contributed by atoms with van der Waals surface area (Å²) >= 11 is 0. The zero-order valence-electron chi connectivity index (χ0n) is 17.9. The van der Waals surface area contributed by atoms with Crippen molar-refractivity contribution in [3.8, 4) is 0 Å². The van der Waals surface area contributed by atoms with E-state index in [1.54, 1.807) is 42.1 Å². The highest BCUT2D eigenvalue weighted by molar-refractivity contribution is 5.83. The van der Waals surface area contributed by atoms with Crippen molar-refractivity contribution in [3.05, 3.63) is 106 Å². The largest absolute Gasteiger partial charge is 0.361 e. The minimum absolute atomic E-state index is 0.00844. The number of guanidine groups is 1. The van der Waals surface area contributed by atoms with Crippen molar-refractivity contribution < 1.29 is 4.39 Å². The molecular formula is C25H26FN5O. The zero-order valence-corrected chi connectivity index (χ0v) is 17.9. The van der Waals surface area contributed by atoms with Gasteiger partial charge in [-0.05, 0) is 47.4 Å². The monoisotopic (exact) mass is 431 g/mol. The molecule has 0 aliphatic carbocycles. The fourth-order valence-corrected chi connectivity index (χ4v) is 3.63. The van der Waals surface area contributed by atoms with E-state index in [1.165, 1.54) is 6.07 Å². The Bertz CT molecular complexity index is 1270. The zero-order chi connectivity index (χ0) is 22.3. The normalized spacial score (nSPS) is 11.6. The number of hydrogen-bond acceptors (Lipinski definition) is 2. The van der Waals surface area contributed by atoms with Crippen molar-refractivity contribution in [1.82, 2.24) is 20.2 Å². The highest BCUT2D eigenvalue weighted by Crippen LogP contribution is 2.19. The first-order chi connectivity index (χ1) is 15.6. The highest BCUT2D eigenvalue weighted by Gasteiger charge is 2.06. The minimum Gasteiger partial charge on any atom is -0.361 e. The van der Waals surface area contributed by atoms with Gasteiger partial charge < -0.3 is 20.2 Å². The van der Waals surface area contributed by atoms with E-state index in [0.29, 0.717) is 25.6 Å². The van der Waals surface area contributed by atoms with E-state index >= 15 is 0 Å². The number of aromatic amines is 1. The van der Waals surface area contributed by atoms with Crippen LogP contribution in [0.1, 0.15) is 16.7 Å². The molecule has 0 bridgehead atoms. The fraction of sp³-hybridized carbons (Fsp3) is 0.200. The Labute approximate surface area is 185 Å². The molecule has 2 heterocycles. The van der Waals surface area contributed by atoms with Crippen molar-refractivity contribution in [2.75, 3.05) is 13.6 Å². The smallest absolute Gasteiger partial charge is 0.250 e. The third-order valence-electron chi connectivity index (χ3n) is 5.37. The molecule has 0 aliphatic heterocycles. The third kappa shape index (κ3) is 5.24. The summed E-state index contributed by atoms with van der Waals surface area (Å²) in [5.41, 5.74) is 4.18. The van der Waals surface area contributed by atoms with Crippen LogP contribution in [-0.2, 0) is 19.5 Å². The molecule has 32 heavy (non-hydrogen) atoms. The molecule has 0 radical (unpaired) electrons. The second-order valence-corrected chi connectivity index (χ2v) is 7.59. The van der Waals surface area contributed by atoms with Crippen molar-refractivity contribution in [2.24, 2.45) is 4.99 Å². The van der Waals surface area contributed by atoms with Gasteiger partial charge in [-0.2, -0.15) is 0 Å². The molecule has 0 aliphatic rings. The number of nitrogens with one attached hydrogen (secondary N) is 3. The topological polar surface area (TPSA) is 74.2 Å². The van der Waals surface area contributed by atoms with Gasteiger partial charge in [0.25, 0.3) is 5.56 Å². The summed E-state index contributed by atoms with van der Waals surface area (Å²) in [5.74, 6) is 0.474. The summed E-state index contributed by atoms with van der Waals surface area (Å²) in [5, 5.41) is 7.52. The average molecular weight is 432 g/mol. The molecule has 4 rings (SSSR count). The Morgan fingerprint density at radius 3 is 2.66 bits per heavy atom. The van der Waals surface area contributed by atoms with E-state index in [-0.39, 0.29) is 11.4 Å². The summed E-state index contributed by atoms with van der Waals surface area (Å²) < 4.78 is 15.2. The lowest BCUT2D eigenvalue weighted by atomic mass is 10.1. The molecule has 2 aromatic heterocycles. The first kappa shape index (κ1) is 21.4.